The molecule has 0 atom stereocenters. The summed E-state index contributed by atoms with van der Waals surface area (Å²) in [5.41, 5.74) is 1.96. The lowest BCUT2D eigenvalue weighted by Crippen LogP contribution is -2.40. The molecule has 0 bridgehead atoms. The highest BCUT2D eigenvalue weighted by molar-refractivity contribution is 7.92. The van der Waals surface area contributed by atoms with Gasteiger partial charge in [0.05, 0.1) is 16.6 Å². The average Bonchev–Trinajstić information content (AvgIpc) is 3.28. The van der Waals surface area contributed by atoms with Crippen LogP contribution in [-0.2, 0) is 27.6 Å². The highest BCUT2D eigenvalue weighted by Crippen LogP contribution is 2.24. The van der Waals surface area contributed by atoms with Crippen LogP contribution in [0.5, 0.6) is 0 Å². The van der Waals surface area contributed by atoms with Gasteiger partial charge in [0, 0.05) is 37.6 Å². The Hall–Kier alpha value is -2.93. The van der Waals surface area contributed by atoms with E-state index in [1.165, 1.54) is 0 Å². The molecule has 0 saturated carbocycles. The van der Waals surface area contributed by atoms with Crippen molar-refractivity contribution in [2.24, 2.45) is 5.92 Å². The van der Waals surface area contributed by atoms with Gasteiger partial charge in [-0.1, -0.05) is 42.5 Å². The van der Waals surface area contributed by atoms with E-state index in [9.17, 15) is 13.2 Å². The normalized spacial score (nSPS) is 15.2. The number of hydrogen-bond acceptors (Lipinski definition) is 4. The number of carbonyl (C=O) groups excluding carboxylic acids is 1. The zero-order chi connectivity index (χ0) is 23.4. The van der Waals surface area contributed by atoms with Gasteiger partial charge < -0.3 is 9.47 Å². The highest BCUT2D eigenvalue weighted by Gasteiger charge is 2.24. The quantitative estimate of drug-likeness (QED) is 0.524. The summed E-state index contributed by atoms with van der Waals surface area (Å²) < 4.78 is 26.8. The van der Waals surface area contributed by atoms with E-state index in [1.54, 1.807) is 38.1 Å². The zero-order valence-corrected chi connectivity index (χ0v) is 20.0. The fraction of sp³-hybridized carbons (Fsp3) is 0.385. The molecule has 0 aliphatic carbocycles. The molecule has 1 fully saturated rings. The molecule has 0 unspecified atom stereocenters. The van der Waals surface area contributed by atoms with Crippen molar-refractivity contribution < 1.29 is 13.2 Å². The highest BCUT2D eigenvalue weighted by atomic mass is 32.2. The van der Waals surface area contributed by atoms with Crippen molar-refractivity contribution in [2.45, 2.75) is 49.8 Å². The minimum absolute atomic E-state index is 0.0977. The van der Waals surface area contributed by atoms with Crippen LogP contribution >= 0.6 is 0 Å². The number of carbonyl (C=O) groups is 1. The number of likely N-dealkylation sites (tertiary alicyclic amines) is 1. The molecule has 7 heteroatoms. The van der Waals surface area contributed by atoms with Crippen molar-refractivity contribution in [3.8, 4) is 11.4 Å². The van der Waals surface area contributed by atoms with E-state index in [0.717, 1.165) is 49.4 Å². The first-order chi connectivity index (χ1) is 15.8. The van der Waals surface area contributed by atoms with Gasteiger partial charge >= 0.3 is 0 Å². The SMILES string of the molecule is CC(C)S(=O)(=O)c1ccc(CC(=O)N2CCC(Cn3ccnc3-c3ccccc3)CC2)cc1. The maximum Gasteiger partial charge on any atom is 0.226 e. The molecule has 1 saturated heterocycles. The van der Waals surface area contributed by atoms with Crippen LogP contribution in [0.15, 0.2) is 71.9 Å². The van der Waals surface area contributed by atoms with Gasteiger partial charge in [-0.25, -0.2) is 13.4 Å². The molecule has 0 spiro atoms. The summed E-state index contributed by atoms with van der Waals surface area (Å²) in [5.74, 6) is 1.59. The van der Waals surface area contributed by atoms with Gasteiger partial charge in [0.25, 0.3) is 0 Å². The van der Waals surface area contributed by atoms with Crippen LogP contribution in [0.25, 0.3) is 11.4 Å². The lowest BCUT2D eigenvalue weighted by atomic mass is 9.96. The van der Waals surface area contributed by atoms with Crippen molar-refractivity contribution >= 4 is 15.7 Å². The molecule has 2 heterocycles. The van der Waals surface area contributed by atoms with E-state index >= 15 is 0 Å². The zero-order valence-electron chi connectivity index (χ0n) is 19.2. The van der Waals surface area contributed by atoms with Gasteiger partial charge in [0.15, 0.2) is 9.84 Å². The summed E-state index contributed by atoms with van der Waals surface area (Å²) in [6.07, 6.45) is 6.10. The Kier molecular flexibility index (Phi) is 6.98. The fourth-order valence-electron chi connectivity index (χ4n) is 4.30. The number of nitrogens with zero attached hydrogens (tertiary/aromatic N) is 3. The summed E-state index contributed by atoms with van der Waals surface area (Å²) in [7, 11) is -3.29. The molecule has 3 aromatic rings. The first-order valence-electron chi connectivity index (χ1n) is 11.5. The van der Waals surface area contributed by atoms with Crippen LogP contribution in [0.4, 0.5) is 0 Å². The number of aromatic nitrogens is 2. The van der Waals surface area contributed by atoms with Crippen molar-refractivity contribution in [1.29, 1.82) is 0 Å². The number of amides is 1. The fourth-order valence-corrected chi connectivity index (χ4v) is 5.36. The number of imidazole rings is 1. The number of rotatable bonds is 7. The maximum absolute atomic E-state index is 12.8. The van der Waals surface area contributed by atoms with E-state index in [4.69, 9.17) is 0 Å². The Labute approximate surface area is 196 Å². The molecule has 0 N–H and O–H groups in total. The topological polar surface area (TPSA) is 72.3 Å². The minimum atomic E-state index is -3.29. The predicted molar refractivity (Wildman–Crippen MR) is 129 cm³/mol. The molecule has 6 nitrogen and oxygen atoms in total. The van der Waals surface area contributed by atoms with Gasteiger partial charge in [-0.2, -0.15) is 0 Å². The van der Waals surface area contributed by atoms with Crippen LogP contribution in [0.2, 0.25) is 0 Å². The predicted octanol–water partition coefficient (Wildman–Crippen LogP) is 4.21. The Balaban J connectivity index is 1.31. The molecular formula is C26H31N3O3S. The van der Waals surface area contributed by atoms with Crippen LogP contribution in [0, 0.1) is 5.92 Å². The number of sulfone groups is 1. The molecule has 33 heavy (non-hydrogen) atoms. The maximum atomic E-state index is 12.8. The van der Waals surface area contributed by atoms with Gasteiger partial charge in [0.2, 0.25) is 5.91 Å². The standard InChI is InChI=1S/C26H31N3O3S/c1-20(2)33(31,32)24-10-8-21(9-11-24)18-25(30)28-15-12-22(13-16-28)19-29-17-14-27-26(29)23-6-4-3-5-7-23/h3-11,14,17,20,22H,12-13,15-16,18-19H2,1-2H3. The van der Waals surface area contributed by atoms with Gasteiger partial charge in [-0.3, -0.25) is 4.79 Å². The smallest absolute Gasteiger partial charge is 0.226 e. The van der Waals surface area contributed by atoms with Crippen molar-refractivity contribution in [2.75, 3.05) is 13.1 Å². The Morgan fingerprint density at radius 3 is 2.33 bits per heavy atom. The van der Waals surface area contributed by atoms with E-state index in [1.807, 2.05) is 35.5 Å². The Bertz CT molecular complexity index is 1180. The largest absolute Gasteiger partial charge is 0.342 e. The second-order valence-electron chi connectivity index (χ2n) is 9.01. The molecule has 174 valence electrons. The number of benzene rings is 2. The first-order valence-corrected chi connectivity index (χ1v) is 13.1. The lowest BCUT2D eigenvalue weighted by Gasteiger charge is -2.32. The summed E-state index contributed by atoms with van der Waals surface area (Å²) in [6, 6.07) is 16.9. The Morgan fingerprint density at radius 1 is 1.03 bits per heavy atom. The van der Waals surface area contributed by atoms with Crippen LogP contribution < -0.4 is 0 Å². The lowest BCUT2D eigenvalue weighted by molar-refractivity contribution is -0.131. The molecule has 1 aliphatic rings. The monoisotopic (exact) mass is 465 g/mol. The summed E-state index contributed by atoms with van der Waals surface area (Å²) in [5, 5.41) is -0.461. The molecule has 2 aromatic carbocycles. The minimum Gasteiger partial charge on any atom is -0.342 e. The third kappa shape index (κ3) is 5.36. The summed E-state index contributed by atoms with van der Waals surface area (Å²) in [6.45, 7) is 5.74. The van der Waals surface area contributed by atoms with Crippen LogP contribution in [-0.4, -0.2) is 47.1 Å². The van der Waals surface area contributed by atoms with Gasteiger partial charge in [0.1, 0.15) is 5.82 Å². The van der Waals surface area contributed by atoms with Crippen molar-refractivity contribution in [1.82, 2.24) is 14.5 Å². The second-order valence-corrected chi connectivity index (χ2v) is 11.5. The number of hydrogen-bond donors (Lipinski definition) is 0. The summed E-state index contributed by atoms with van der Waals surface area (Å²) in [4.78, 5) is 19.6. The second kappa shape index (κ2) is 9.91. The first kappa shape index (κ1) is 23.2. The summed E-state index contributed by atoms with van der Waals surface area (Å²) >= 11 is 0. The van der Waals surface area contributed by atoms with E-state index < -0.39 is 15.1 Å². The molecule has 1 aliphatic heterocycles. The van der Waals surface area contributed by atoms with E-state index in [0.29, 0.717) is 17.2 Å². The molecule has 4 rings (SSSR count). The van der Waals surface area contributed by atoms with Crippen LogP contribution in [0.1, 0.15) is 32.3 Å². The molecule has 0 radical (unpaired) electrons. The average molecular weight is 466 g/mol. The molecule has 1 amide bonds. The molecule has 1 aromatic heterocycles. The van der Waals surface area contributed by atoms with Crippen LogP contribution in [0.3, 0.4) is 0 Å². The van der Waals surface area contributed by atoms with Crippen molar-refractivity contribution in [3.63, 3.8) is 0 Å². The third-order valence-corrected chi connectivity index (χ3v) is 8.57. The van der Waals surface area contributed by atoms with E-state index in [2.05, 4.69) is 21.7 Å². The van der Waals surface area contributed by atoms with Crippen molar-refractivity contribution in [3.05, 3.63) is 72.6 Å². The van der Waals surface area contributed by atoms with E-state index in [-0.39, 0.29) is 5.91 Å². The Morgan fingerprint density at radius 2 is 1.70 bits per heavy atom. The van der Waals surface area contributed by atoms with Gasteiger partial charge in [-0.05, 0) is 50.3 Å². The molecular weight excluding hydrogens is 434 g/mol. The third-order valence-electron chi connectivity index (χ3n) is 6.40. The van der Waals surface area contributed by atoms with Gasteiger partial charge in [-0.15, -0.1) is 0 Å². The number of piperidine rings is 1.